The van der Waals surface area contributed by atoms with Crippen molar-refractivity contribution in [2.75, 3.05) is 5.32 Å². The number of rotatable bonds is 9. The maximum atomic E-state index is 13.0. The minimum atomic E-state index is -0.370. The monoisotopic (exact) mass is 587 g/mol. The Morgan fingerprint density at radius 3 is 2.24 bits per heavy atom. The van der Waals surface area contributed by atoms with Gasteiger partial charge < -0.3 is 14.5 Å². The third kappa shape index (κ3) is 6.19. The maximum absolute atomic E-state index is 13.0. The van der Waals surface area contributed by atoms with Crippen molar-refractivity contribution in [1.82, 2.24) is 9.78 Å². The molecule has 2 heterocycles. The molecule has 0 fully saturated rings. The van der Waals surface area contributed by atoms with Gasteiger partial charge in [0.2, 0.25) is 0 Å². The predicted molar refractivity (Wildman–Crippen MR) is 163 cm³/mol. The van der Waals surface area contributed by atoms with Crippen LogP contribution in [0.3, 0.4) is 0 Å². The second kappa shape index (κ2) is 11.9. The molecule has 0 saturated heterocycles. The summed E-state index contributed by atoms with van der Waals surface area (Å²) >= 11 is 12.7. The zero-order valence-electron chi connectivity index (χ0n) is 23.4. The number of aromatic nitrogens is 2. The lowest BCUT2D eigenvalue weighted by atomic mass is 9.78. The van der Waals surface area contributed by atoms with Gasteiger partial charge in [-0.05, 0) is 61.4 Å². The van der Waals surface area contributed by atoms with E-state index in [1.165, 1.54) is 11.1 Å². The summed E-state index contributed by atoms with van der Waals surface area (Å²) in [6.45, 7) is 8.71. The number of benzene rings is 3. The van der Waals surface area contributed by atoms with E-state index in [-0.39, 0.29) is 23.7 Å². The number of nitrogens with one attached hydrogen (secondary N) is 1. The topological polar surface area (TPSA) is 69.3 Å². The summed E-state index contributed by atoms with van der Waals surface area (Å²) in [5.41, 5.74) is 5.15. The van der Waals surface area contributed by atoms with E-state index < -0.39 is 0 Å². The summed E-state index contributed by atoms with van der Waals surface area (Å²) in [7, 11) is 0. The number of hydrogen-bond acceptors (Lipinski definition) is 4. The van der Waals surface area contributed by atoms with Crippen LogP contribution in [0.5, 0.6) is 5.75 Å². The summed E-state index contributed by atoms with van der Waals surface area (Å²) in [4.78, 5) is 13.0. The molecule has 2 aromatic heterocycles. The van der Waals surface area contributed by atoms with Crippen molar-refractivity contribution in [3.63, 3.8) is 0 Å². The van der Waals surface area contributed by atoms with Gasteiger partial charge in [0.25, 0.3) is 5.91 Å². The first-order valence-electron chi connectivity index (χ1n) is 13.3. The first kappa shape index (κ1) is 28.5. The molecule has 41 heavy (non-hydrogen) atoms. The average Bonchev–Trinajstić information content (AvgIpc) is 3.55. The van der Waals surface area contributed by atoms with E-state index in [0.29, 0.717) is 33.7 Å². The van der Waals surface area contributed by atoms with Crippen LogP contribution in [0.1, 0.15) is 58.2 Å². The van der Waals surface area contributed by atoms with Gasteiger partial charge in [-0.1, -0.05) is 85.6 Å². The maximum Gasteiger partial charge on any atom is 0.291 e. The van der Waals surface area contributed by atoms with Gasteiger partial charge in [0.05, 0.1) is 23.6 Å². The molecule has 0 aliphatic carbocycles. The van der Waals surface area contributed by atoms with Crippen LogP contribution in [-0.2, 0) is 18.6 Å². The van der Waals surface area contributed by atoms with Gasteiger partial charge in [-0.15, -0.1) is 0 Å². The number of amides is 1. The van der Waals surface area contributed by atoms with Crippen molar-refractivity contribution in [1.29, 1.82) is 0 Å². The fourth-order valence-corrected chi connectivity index (χ4v) is 5.28. The van der Waals surface area contributed by atoms with Crippen molar-refractivity contribution >= 4 is 34.8 Å². The fourth-order valence-electron chi connectivity index (χ4n) is 4.76. The Kier molecular flexibility index (Phi) is 8.25. The minimum Gasteiger partial charge on any atom is -0.486 e. The highest BCUT2D eigenvalue weighted by Gasteiger charge is 2.23. The van der Waals surface area contributed by atoms with E-state index in [2.05, 4.69) is 60.7 Å². The van der Waals surface area contributed by atoms with Crippen LogP contribution in [0.25, 0.3) is 0 Å². The van der Waals surface area contributed by atoms with E-state index in [9.17, 15) is 4.79 Å². The van der Waals surface area contributed by atoms with Crippen LogP contribution in [-0.4, -0.2) is 15.7 Å². The third-order valence-corrected chi connectivity index (χ3v) is 8.04. The largest absolute Gasteiger partial charge is 0.486 e. The molecule has 0 radical (unpaired) electrons. The van der Waals surface area contributed by atoms with Crippen molar-refractivity contribution < 1.29 is 13.9 Å². The van der Waals surface area contributed by atoms with E-state index in [4.69, 9.17) is 32.4 Å². The molecular formula is C33H31Cl2N3O3. The third-order valence-electron chi connectivity index (χ3n) is 7.33. The SMILES string of the molecule is Cc1nn(Cc2c(Cl)cccc2Cl)c(C)c1NC(=O)c1ccc(COc2ccc(C(C)(C)c3ccccc3)cc2)o1. The van der Waals surface area contributed by atoms with E-state index in [0.717, 1.165) is 17.0 Å². The van der Waals surface area contributed by atoms with Crippen molar-refractivity contribution in [3.8, 4) is 5.75 Å². The van der Waals surface area contributed by atoms with Gasteiger partial charge in [-0.25, -0.2) is 0 Å². The van der Waals surface area contributed by atoms with E-state index in [1.807, 2.05) is 32.0 Å². The van der Waals surface area contributed by atoms with Gasteiger partial charge in [0.1, 0.15) is 18.1 Å². The Morgan fingerprint density at radius 2 is 1.56 bits per heavy atom. The molecule has 0 bridgehead atoms. The molecule has 0 spiro atoms. The minimum absolute atomic E-state index is 0.127. The number of nitrogens with zero attached hydrogens (tertiary/aromatic N) is 2. The van der Waals surface area contributed by atoms with Gasteiger partial charge in [-0.2, -0.15) is 5.10 Å². The molecule has 0 saturated carbocycles. The number of furan rings is 1. The van der Waals surface area contributed by atoms with Crippen LogP contribution < -0.4 is 10.1 Å². The molecule has 3 aromatic carbocycles. The number of ether oxygens (including phenoxy) is 1. The molecule has 0 atom stereocenters. The Morgan fingerprint density at radius 1 is 0.902 bits per heavy atom. The Balaban J connectivity index is 1.21. The van der Waals surface area contributed by atoms with Gasteiger partial charge >= 0.3 is 0 Å². The second-order valence-corrected chi connectivity index (χ2v) is 11.2. The number of aryl methyl sites for hydroxylation is 1. The Bertz CT molecular complexity index is 1650. The smallest absolute Gasteiger partial charge is 0.291 e. The summed E-state index contributed by atoms with van der Waals surface area (Å²) in [6, 6.07) is 27.2. The number of halogens is 2. The summed E-state index contributed by atoms with van der Waals surface area (Å²) in [5.74, 6) is 1.08. The summed E-state index contributed by atoms with van der Waals surface area (Å²) in [6.07, 6.45) is 0. The molecular weight excluding hydrogens is 557 g/mol. The van der Waals surface area contributed by atoms with Crippen molar-refractivity contribution in [2.24, 2.45) is 0 Å². The number of anilines is 1. The molecule has 210 valence electrons. The average molecular weight is 589 g/mol. The van der Waals surface area contributed by atoms with Crippen molar-refractivity contribution in [2.45, 2.75) is 46.3 Å². The molecule has 5 rings (SSSR count). The number of carbonyl (C=O) groups is 1. The fraction of sp³-hybridized carbons (Fsp3) is 0.212. The van der Waals surface area contributed by atoms with E-state index in [1.54, 1.807) is 35.0 Å². The Labute approximate surface area is 249 Å². The van der Waals surface area contributed by atoms with Crippen LogP contribution in [0.2, 0.25) is 10.0 Å². The molecule has 1 N–H and O–H groups in total. The molecule has 6 nitrogen and oxygen atoms in total. The van der Waals surface area contributed by atoms with Crippen LogP contribution in [0, 0.1) is 13.8 Å². The molecule has 8 heteroatoms. The van der Waals surface area contributed by atoms with Gasteiger partial charge in [0, 0.05) is 21.0 Å². The van der Waals surface area contributed by atoms with Crippen molar-refractivity contribution in [3.05, 3.63) is 135 Å². The summed E-state index contributed by atoms with van der Waals surface area (Å²) < 4.78 is 13.5. The number of carbonyl (C=O) groups excluding carboxylic acids is 1. The molecule has 5 aromatic rings. The van der Waals surface area contributed by atoms with Crippen LogP contribution in [0.15, 0.2) is 89.3 Å². The molecule has 0 unspecified atom stereocenters. The zero-order chi connectivity index (χ0) is 29.1. The first-order chi connectivity index (χ1) is 19.6. The lowest BCUT2D eigenvalue weighted by molar-refractivity contribution is 0.0992. The highest BCUT2D eigenvalue weighted by molar-refractivity contribution is 6.36. The summed E-state index contributed by atoms with van der Waals surface area (Å²) in [5, 5.41) is 8.63. The highest BCUT2D eigenvalue weighted by Crippen LogP contribution is 2.32. The van der Waals surface area contributed by atoms with Crippen LogP contribution >= 0.6 is 23.2 Å². The second-order valence-electron chi connectivity index (χ2n) is 10.4. The first-order valence-corrected chi connectivity index (χ1v) is 14.0. The molecule has 1 amide bonds. The highest BCUT2D eigenvalue weighted by atomic mass is 35.5. The quantitative estimate of drug-likeness (QED) is 0.187. The lowest BCUT2D eigenvalue weighted by Crippen LogP contribution is -2.18. The number of hydrogen-bond donors (Lipinski definition) is 1. The predicted octanol–water partition coefficient (Wildman–Crippen LogP) is 8.61. The van der Waals surface area contributed by atoms with E-state index >= 15 is 0 Å². The van der Waals surface area contributed by atoms with Gasteiger partial charge in [0.15, 0.2) is 5.76 Å². The van der Waals surface area contributed by atoms with Gasteiger partial charge in [-0.3, -0.25) is 9.48 Å². The van der Waals surface area contributed by atoms with Crippen LogP contribution in [0.4, 0.5) is 5.69 Å². The normalized spacial score (nSPS) is 11.5. The molecule has 0 aliphatic rings. The lowest BCUT2D eigenvalue weighted by Gasteiger charge is -2.26. The Hall–Kier alpha value is -4.00. The zero-order valence-corrected chi connectivity index (χ0v) is 24.9. The standard InChI is InChI=1S/C33H31Cl2N3O3/c1-21-31(22(2)38(37-21)19-27-28(34)11-8-12-29(27)35)36-32(39)30-18-17-26(41-30)20-40-25-15-13-24(14-16-25)33(3,4)23-9-6-5-7-10-23/h5-18H,19-20H2,1-4H3,(H,36,39). The molecule has 0 aliphatic heterocycles.